The van der Waals surface area contributed by atoms with Gasteiger partial charge in [-0.1, -0.05) is 0 Å². The summed E-state index contributed by atoms with van der Waals surface area (Å²) in [6, 6.07) is 5.83. The number of hydrogen-bond acceptors (Lipinski definition) is 3. The fourth-order valence-electron chi connectivity index (χ4n) is 1.58. The molecule has 0 saturated carbocycles. The first-order valence-electron chi connectivity index (χ1n) is 5.12. The van der Waals surface area contributed by atoms with Crippen LogP contribution >= 0.6 is 0 Å². The molecule has 0 amide bonds. The molecule has 0 spiro atoms. The normalized spacial score (nSPS) is 13.9. The van der Waals surface area contributed by atoms with E-state index >= 15 is 0 Å². The van der Waals surface area contributed by atoms with Crippen LogP contribution < -0.4 is 15.2 Å². The molecular formula is C12H15NO2. The van der Waals surface area contributed by atoms with Crippen molar-refractivity contribution >= 4 is 6.08 Å². The van der Waals surface area contributed by atoms with Crippen LogP contribution in [-0.2, 0) is 0 Å². The van der Waals surface area contributed by atoms with Crippen molar-refractivity contribution in [2.24, 2.45) is 5.73 Å². The van der Waals surface area contributed by atoms with Crippen molar-refractivity contribution in [3.8, 4) is 11.5 Å². The van der Waals surface area contributed by atoms with Crippen LogP contribution in [0.2, 0.25) is 0 Å². The largest absolute Gasteiger partial charge is 0.494 e. The minimum absolute atomic E-state index is 0.540. The molecule has 0 aliphatic carbocycles. The summed E-state index contributed by atoms with van der Waals surface area (Å²) in [5, 5.41) is 0. The van der Waals surface area contributed by atoms with Gasteiger partial charge in [-0.15, -0.1) is 0 Å². The summed E-state index contributed by atoms with van der Waals surface area (Å²) in [5.74, 6) is 1.77. The van der Waals surface area contributed by atoms with Crippen LogP contribution in [-0.4, -0.2) is 19.8 Å². The Labute approximate surface area is 89.5 Å². The van der Waals surface area contributed by atoms with Gasteiger partial charge in [0.05, 0.1) is 6.61 Å². The fraction of sp³-hybridized carbons (Fsp3) is 0.333. The third kappa shape index (κ3) is 2.13. The van der Waals surface area contributed by atoms with Crippen LogP contribution in [0.5, 0.6) is 11.5 Å². The zero-order valence-corrected chi connectivity index (χ0v) is 8.82. The summed E-state index contributed by atoms with van der Waals surface area (Å²) < 4.78 is 11.0. The molecule has 0 unspecified atom stereocenters. The van der Waals surface area contributed by atoms with E-state index in [1.165, 1.54) is 0 Å². The molecule has 1 aromatic rings. The Bertz CT molecular complexity index is 385. The van der Waals surface area contributed by atoms with Gasteiger partial charge in [-0.05, 0) is 36.8 Å². The number of rotatable bonds is 3. The standard InChI is InChI=1S/C12H15NO2/c1-2-14-11-3-4-12-10(6-11)5-9(7-13)8-15-12/h3-6H,2,7-8,13H2,1H3. The maximum atomic E-state index is 5.58. The fourth-order valence-corrected chi connectivity index (χ4v) is 1.58. The molecule has 0 saturated heterocycles. The van der Waals surface area contributed by atoms with E-state index in [0.29, 0.717) is 19.8 Å². The second-order valence-electron chi connectivity index (χ2n) is 3.43. The lowest BCUT2D eigenvalue weighted by Crippen LogP contribution is -2.14. The van der Waals surface area contributed by atoms with Crippen molar-refractivity contribution in [1.29, 1.82) is 0 Å². The number of fused-ring (bicyclic) bond motifs is 1. The highest BCUT2D eigenvalue weighted by molar-refractivity contribution is 5.64. The van der Waals surface area contributed by atoms with Crippen LogP contribution in [0.3, 0.4) is 0 Å². The molecule has 0 bridgehead atoms. The Hall–Kier alpha value is -1.48. The lowest BCUT2D eigenvalue weighted by Gasteiger charge is -2.17. The zero-order valence-electron chi connectivity index (χ0n) is 8.82. The Morgan fingerprint density at radius 1 is 1.47 bits per heavy atom. The Morgan fingerprint density at radius 3 is 3.07 bits per heavy atom. The summed E-state index contributed by atoms with van der Waals surface area (Å²) in [4.78, 5) is 0. The van der Waals surface area contributed by atoms with Gasteiger partial charge in [-0.2, -0.15) is 0 Å². The van der Waals surface area contributed by atoms with Crippen molar-refractivity contribution < 1.29 is 9.47 Å². The van der Waals surface area contributed by atoms with Crippen LogP contribution in [0.25, 0.3) is 6.08 Å². The highest BCUT2D eigenvalue weighted by atomic mass is 16.5. The first kappa shape index (κ1) is 10.1. The molecule has 0 aromatic heterocycles. The van der Waals surface area contributed by atoms with E-state index < -0.39 is 0 Å². The molecule has 1 aliphatic heterocycles. The maximum absolute atomic E-state index is 5.58. The Kier molecular flexibility index (Phi) is 2.92. The summed E-state index contributed by atoms with van der Waals surface area (Å²) in [6.45, 7) is 3.78. The average Bonchev–Trinajstić information content (AvgIpc) is 2.28. The SMILES string of the molecule is CCOc1ccc2c(c1)C=C(CN)CO2. The molecule has 0 atom stereocenters. The van der Waals surface area contributed by atoms with Crippen molar-refractivity contribution in [2.45, 2.75) is 6.92 Å². The molecule has 1 heterocycles. The van der Waals surface area contributed by atoms with E-state index in [0.717, 1.165) is 22.6 Å². The van der Waals surface area contributed by atoms with Crippen molar-refractivity contribution in [1.82, 2.24) is 0 Å². The third-order valence-corrected chi connectivity index (χ3v) is 2.33. The minimum atomic E-state index is 0.540. The van der Waals surface area contributed by atoms with Gasteiger partial charge in [0.2, 0.25) is 0 Å². The van der Waals surface area contributed by atoms with Gasteiger partial charge in [-0.3, -0.25) is 0 Å². The Morgan fingerprint density at radius 2 is 2.33 bits per heavy atom. The first-order valence-corrected chi connectivity index (χ1v) is 5.12. The molecule has 1 aromatic carbocycles. The predicted octanol–water partition coefficient (Wildman–Crippen LogP) is 1.82. The van der Waals surface area contributed by atoms with Crippen molar-refractivity contribution in [3.63, 3.8) is 0 Å². The molecule has 80 valence electrons. The van der Waals surface area contributed by atoms with E-state index in [2.05, 4.69) is 6.08 Å². The molecule has 0 fully saturated rings. The van der Waals surface area contributed by atoms with E-state index in [4.69, 9.17) is 15.2 Å². The molecule has 2 N–H and O–H groups in total. The summed E-state index contributed by atoms with van der Waals surface area (Å²) >= 11 is 0. The van der Waals surface area contributed by atoms with Gasteiger partial charge >= 0.3 is 0 Å². The summed E-state index contributed by atoms with van der Waals surface area (Å²) in [7, 11) is 0. The number of ether oxygens (including phenoxy) is 2. The maximum Gasteiger partial charge on any atom is 0.127 e. The van der Waals surface area contributed by atoms with Crippen molar-refractivity contribution in [2.75, 3.05) is 19.8 Å². The Balaban J connectivity index is 2.31. The predicted molar refractivity (Wildman–Crippen MR) is 60.1 cm³/mol. The van der Waals surface area contributed by atoms with E-state index in [1.54, 1.807) is 0 Å². The molecule has 15 heavy (non-hydrogen) atoms. The smallest absolute Gasteiger partial charge is 0.127 e. The lowest BCUT2D eigenvalue weighted by molar-refractivity contribution is 0.332. The van der Waals surface area contributed by atoms with Crippen LogP contribution in [0.1, 0.15) is 12.5 Å². The molecule has 1 aliphatic rings. The highest BCUT2D eigenvalue weighted by Gasteiger charge is 2.10. The van der Waals surface area contributed by atoms with Crippen molar-refractivity contribution in [3.05, 3.63) is 29.3 Å². The quantitative estimate of drug-likeness (QED) is 0.818. The topological polar surface area (TPSA) is 44.5 Å². The van der Waals surface area contributed by atoms with E-state index in [1.807, 2.05) is 25.1 Å². The van der Waals surface area contributed by atoms with Gasteiger partial charge in [0.25, 0.3) is 0 Å². The van der Waals surface area contributed by atoms with Crippen LogP contribution in [0, 0.1) is 0 Å². The van der Waals surface area contributed by atoms with Gasteiger partial charge in [-0.25, -0.2) is 0 Å². The van der Waals surface area contributed by atoms with Crippen LogP contribution in [0.4, 0.5) is 0 Å². The molecular weight excluding hydrogens is 190 g/mol. The minimum Gasteiger partial charge on any atom is -0.494 e. The zero-order chi connectivity index (χ0) is 10.7. The number of hydrogen-bond donors (Lipinski definition) is 1. The lowest BCUT2D eigenvalue weighted by atomic mass is 10.1. The summed E-state index contributed by atoms with van der Waals surface area (Å²) in [6.07, 6.45) is 2.07. The average molecular weight is 205 g/mol. The monoisotopic (exact) mass is 205 g/mol. The first-order chi connectivity index (χ1) is 7.33. The van der Waals surface area contributed by atoms with Gasteiger partial charge in [0.15, 0.2) is 0 Å². The van der Waals surface area contributed by atoms with E-state index in [9.17, 15) is 0 Å². The van der Waals surface area contributed by atoms with Crippen LogP contribution in [0.15, 0.2) is 23.8 Å². The van der Waals surface area contributed by atoms with E-state index in [-0.39, 0.29) is 0 Å². The van der Waals surface area contributed by atoms with Gasteiger partial charge in [0, 0.05) is 12.1 Å². The molecule has 3 nitrogen and oxygen atoms in total. The second kappa shape index (κ2) is 4.36. The molecule has 2 rings (SSSR count). The number of nitrogens with two attached hydrogens (primary N) is 1. The molecule has 3 heteroatoms. The summed E-state index contributed by atoms with van der Waals surface area (Å²) in [5.41, 5.74) is 7.73. The second-order valence-corrected chi connectivity index (χ2v) is 3.43. The third-order valence-electron chi connectivity index (χ3n) is 2.33. The molecule has 0 radical (unpaired) electrons. The highest BCUT2D eigenvalue weighted by Crippen LogP contribution is 2.29. The number of benzene rings is 1. The van der Waals surface area contributed by atoms with Gasteiger partial charge in [0.1, 0.15) is 18.1 Å². The van der Waals surface area contributed by atoms with Gasteiger partial charge < -0.3 is 15.2 Å².